The van der Waals surface area contributed by atoms with Gasteiger partial charge in [0.05, 0.1) is 11.2 Å². The fourth-order valence-corrected chi connectivity index (χ4v) is 2.78. The summed E-state index contributed by atoms with van der Waals surface area (Å²) >= 11 is 6.03. The number of nitrogens with zero attached hydrogens (tertiary/aromatic N) is 2. The van der Waals surface area contributed by atoms with E-state index in [0.29, 0.717) is 22.5 Å². The van der Waals surface area contributed by atoms with Crippen molar-refractivity contribution in [2.45, 2.75) is 32.7 Å². The number of terminal acetylenes is 1. The lowest BCUT2D eigenvalue weighted by Gasteiger charge is -2.17. The Morgan fingerprint density at radius 3 is 3.05 bits per heavy atom. The Morgan fingerprint density at radius 2 is 2.42 bits per heavy atom. The molecule has 4 nitrogen and oxygen atoms in total. The first-order chi connectivity index (χ1) is 9.13. The Kier molecular flexibility index (Phi) is 4.49. The lowest BCUT2D eigenvalue weighted by Crippen LogP contribution is -2.28. The number of hydrogen-bond donors (Lipinski definition) is 1. The molecule has 2 unspecified atom stereocenters. The molecule has 1 saturated carbocycles. The van der Waals surface area contributed by atoms with Crippen molar-refractivity contribution in [3.63, 3.8) is 0 Å². The molecular weight excluding hydrogens is 262 g/mol. The first kappa shape index (κ1) is 14.0. The fraction of sp³-hybridized carbons (Fsp3) is 0.571. The van der Waals surface area contributed by atoms with Crippen LogP contribution in [0.3, 0.4) is 0 Å². The topological polar surface area (TPSA) is 46.9 Å². The van der Waals surface area contributed by atoms with Gasteiger partial charge in [-0.15, -0.1) is 6.42 Å². The van der Waals surface area contributed by atoms with Crippen LogP contribution in [0.15, 0.2) is 11.0 Å². The van der Waals surface area contributed by atoms with Crippen molar-refractivity contribution in [3.05, 3.63) is 21.6 Å². The van der Waals surface area contributed by atoms with Crippen molar-refractivity contribution in [3.8, 4) is 12.3 Å². The molecule has 1 aromatic heterocycles. The molecule has 5 heteroatoms. The van der Waals surface area contributed by atoms with Gasteiger partial charge in [-0.3, -0.25) is 4.79 Å². The highest BCUT2D eigenvalue weighted by molar-refractivity contribution is 6.32. The Morgan fingerprint density at radius 1 is 1.63 bits per heavy atom. The molecule has 0 bridgehead atoms. The minimum absolute atomic E-state index is 0.157. The van der Waals surface area contributed by atoms with E-state index in [-0.39, 0.29) is 12.1 Å². The van der Waals surface area contributed by atoms with Crippen molar-refractivity contribution < 1.29 is 0 Å². The molecule has 0 radical (unpaired) electrons. The summed E-state index contributed by atoms with van der Waals surface area (Å²) in [5.41, 5.74) is 0.155. The van der Waals surface area contributed by atoms with Crippen LogP contribution < -0.4 is 10.9 Å². The van der Waals surface area contributed by atoms with Crippen molar-refractivity contribution in [1.82, 2.24) is 9.78 Å². The predicted molar refractivity (Wildman–Crippen MR) is 77.3 cm³/mol. The minimum Gasteiger partial charge on any atom is -0.379 e. The number of rotatable bonds is 4. The van der Waals surface area contributed by atoms with Crippen LogP contribution in [-0.2, 0) is 6.54 Å². The molecule has 1 heterocycles. The van der Waals surface area contributed by atoms with Gasteiger partial charge in [-0.2, -0.15) is 5.10 Å². The van der Waals surface area contributed by atoms with E-state index in [4.69, 9.17) is 18.0 Å². The number of anilines is 1. The van der Waals surface area contributed by atoms with Gasteiger partial charge in [-0.05, 0) is 18.3 Å². The maximum atomic E-state index is 12.1. The lowest BCUT2D eigenvalue weighted by molar-refractivity contribution is 0.439. The van der Waals surface area contributed by atoms with E-state index in [1.165, 1.54) is 30.1 Å². The van der Waals surface area contributed by atoms with E-state index in [2.05, 4.69) is 23.3 Å². The third-order valence-corrected chi connectivity index (χ3v) is 4.11. The summed E-state index contributed by atoms with van der Waals surface area (Å²) in [6.45, 7) is 3.19. The predicted octanol–water partition coefficient (Wildman–Crippen LogP) is 2.38. The van der Waals surface area contributed by atoms with Crippen molar-refractivity contribution in [2.75, 3.05) is 11.9 Å². The molecule has 1 aliphatic carbocycles. The summed E-state index contributed by atoms with van der Waals surface area (Å²) in [5, 5.41) is 7.44. The van der Waals surface area contributed by atoms with Gasteiger partial charge in [0.25, 0.3) is 5.56 Å². The van der Waals surface area contributed by atoms with Crippen LogP contribution in [0.1, 0.15) is 26.2 Å². The molecule has 2 atom stereocenters. The largest absolute Gasteiger partial charge is 0.379 e. The Labute approximate surface area is 118 Å². The Bertz CT molecular complexity index is 547. The molecule has 1 fully saturated rings. The molecule has 19 heavy (non-hydrogen) atoms. The van der Waals surface area contributed by atoms with Gasteiger partial charge in [0, 0.05) is 6.54 Å². The zero-order valence-corrected chi connectivity index (χ0v) is 11.8. The van der Waals surface area contributed by atoms with Crippen LogP contribution in [0, 0.1) is 24.2 Å². The summed E-state index contributed by atoms with van der Waals surface area (Å²) in [7, 11) is 0. The van der Waals surface area contributed by atoms with Crippen LogP contribution >= 0.6 is 11.6 Å². The molecule has 2 rings (SSSR count). The van der Waals surface area contributed by atoms with Crippen LogP contribution in [0.5, 0.6) is 0 Å². The van der Waals surface area contributed by atoms with Crippen molar-refractivity contribution >= 4 is 17.3 Å². The SMILES string of the molecule is C#CCn1ncc(Cl)c(NCC2CCCC2C)c1=O. The Hall–Kier alpha value is -1.47. The molecule has 0 aromatic carbocycles. The van der Waals surface area contributed by atoms with Gasteiger partial charge >= 0.3 is 0 Å². The molecule has 0 aliphatic heterocycles. The maximum absolute atomic E-state index is 12.1. The van der Waals surface area contributed by atoms with E-state index in [0.717, 1.165) is 6.54 Å². The zero-order chi connectivity index (χ0) is 13.8. The van der Waals surface area contributed by atoms with Gasteiger partial charge in [-0.25, -0.2) is 4.68 Å². The third-order valence-electron chi connectivity index (χ3n) is 3.82. The van der Waals surface area contributed by atoms with Crippen LogP contribution in [0.4, 0.5) is 5.69 Å². The van der Waals surface area contributed by atoms with E-state index in [1.807, 2.05) is 0 Å². The van der Waals surface area contributed by atoms with Crippen molar-refractivity contribution in [2.24, 2.45) is 11.8 Å². The smallest absolute Gasteiger partial charge is 0.292 e. The normalized spacial score (nSPS) is 22.2. The molecule has 1 aromatic rings. The summed E-state index contributed by atoms with van der Waals surface area (Å²) in [6, 6.07) is 0. The van der Waals surface area contributed by atoms with Gasteiger partial charge in [0.1, 0.15) is 12.2 Å². The Balaban J connectivity index is 2.13. The molecule has 0 amide bonds. The highest BCUT2D eigenvalue weighted by atomic mass is 35.5. The van der Waals surface area contributed by atoms with Crippen LogP contribution in [-0.4, -0.2) is 16.3 Å². The average Bonchev–Trinajstić information content (AvgIpc) is 2.79. The first-order valence-corrected chi connectivity index (χ1v) is 6.94. The van der Waals surface area contributed by atoms with Crippen molar-refractivity contribution in [1.29, 1.82) is 0 Å². The molecule has 0 saturated heterocycles. The number of nitrogens with one attached hydrogen (secondary N) is 1. The summed E-state index contributed by atoms with van der Waals surface area (Å²) in [4.78, 5) is 12.1. The molecule has 0 spiro atoms. The molecule has 1 N–H and O–H groups in total. The molecular formula is C14H18ClN3O. The van der Waals surface area contributed by atoms with E-state index >= 15 is 0 Å². The van der Waals surface area contributed by atoms with Crippen LogP contribution in [0.25, 0.3) is 0 Å². The third kappa shape index (κ3) is 3.10. The minimum atomic E-state index is -0.254. The van der Waals surface area contributed by atoms with Gasteiger partial charge in [-0.1, -0.05) is 37.3 Å². The molecule has 102 valence electrons. The first-order valence-electron chi connectivity index (χ1n) is 6.56. The second-order valence-electron chi connectivity index (χ2n) is 5.08. The van der Waals surface area contributed by atoms with Gasteiger partial charge in [0.15, 0.2) is 0 Å². The number of hydrogen-bond acceptors (Lipinski definition) is 3. The summed E-state index contributed by atoms with van der Waals surface area (Å²) in [6.07, 6.45) is 10.4. The number of halogens is 1. The highest BCUT2D eigenvalue weighted by Gasteiger charge is 2.23. The standard InChI is InChI=1S/C14H18ClN3O/c1-3-7-18-14(19)13(12(15)9-17-18)16-8-11-6-4-5-10(11)2/h1,9-11,16H,4-8H2,2H3. The lowest BCUT2D eigenvalue weighted by atomic mass is 9.98. The maximum Gasteiger partial charge on any atom is 0.292 e. The van der Waals surface area contributed by atoms with Crippen LogP contribution in [0.2, 0.25) is 5.02 Å². The number of aromatic nitrogens is 2. The quantitative estimate of drug-likeness (QED) is 0.861. The molecule has 1 aliphatic rings. The highest BCUT2D eigenvalue weighted by Crippen LogP contribution is 2.31. The zero-order valence-electron chi connectivity index (χ0n) is 11.0. The van der Waals surface area contributed by atoms with E-state index in [1.54, 1.807) is 0 Å². The second kappa shape index (κ2) is 6.12. The fourth-order valence-electron chi connectivity index (χ4n) is 2.59. The average molecular weight is 280 g/mol. The van der Waals surface area contributed by atoms with E-state index < -0.39 is 0 Å². The monoisotopic (exact) mass is 279 g/mol. The van der Waals surface area contributed by atoms with E-state index in [9.17, 15) is 4.79 Å². The van der Waals surface area contributed by atoms with Gasteiger partial charge < -0.3 is 5.32 Å². The summed E-state index contributed by atoms with van der Waals surface area (Å²) in [5.74, 6) is 3.70. The summed E-state index contributed by atoms with van der Waals surface area (Å²) < 4.78 is 1.24. The second-order valence-corrected chi connectivity index (χ2v) is 5.49. The van der Waals surface area contributed by atoms with Gasteiger partial charge in [0.2, 0.25) is 0 Å².